The van der Waals surface area contributed by atoms with Gasteiger partial charge >= 0.3 is 5.97 Å². The van der Waals surface area contributed by atoms with Crippen molar-refractivity contribution >= 4 is 23.2 Å². The summed E-state index contributed by atoms with van der Waals surface area (Å²) in [5.41, 5.74) is 4.65. The molecule has 1 saturated carbocycles. The molecule has 1 aromatic heterocycles. The Bertz CT molecular complexity index is 1330. The normalized spacial score (nSPS) is 12.8. The summed E-state index contributed by atoms with van der Waals surface area (Å²) in [6, 6.07) is 27.5. The Balaban J connectivity index is 1.28. The molecule has 0 saturated heterocycles. The number of carbonyl (C=O) groups is 2. The fourth-order valence-electron chi connectivity index (χ4n) is 4.21. The smallest absolute Gasteiger partial charge is 0.307 e. The number of hydrogen-bond acceptors (Lipinski definition) is 4. The Hall–Kier alpha value is -3.90. The van der Waals surface area contributed by atoms with Gasteiger partial charge in [0.2, 0.25) is 0 Å². The number of aliphatic carboxylic acids is 1. The molecule has 1 N–H and O–H groups in total. The van der Waals surface area contributed by atoms with E-state index in [9.17, 15) is 9.59 Å². The maximum Gasteiger partial charge on any atom is 0.307 e. The van der Waals surface area contributed by atoms with E-state index >= 15 is 0 Å². The van der Waals surface area contributed by atoms with Gasteiger partial charge in [0.15, 0.2) is 0 Å². The maximum absolute atomic E-state index is 13.5. The van der Waals surface area contributed by atoms with E-state index < -0.39 is 5.97 Å². The van der Waals surface area contributed by atoms with Crippen LogP contribution in [0.15, 0.2) is 90.3 Å². The lowest BCUT2D eigenvalue weighted by molar-refractivity contribution is -0.136. The van der Waals surface area contributed by atoms with Crippen LogP contribution in [0.4, 0.5) is 0 Å². The van der Waals surface area contributed by atoms with Crippen LogP contribution < -0.4 is 4.74 Å². The average molecular weight is 498 g/mol. The molecule has 5 rings (SSSR count). The zero-order valence-corrected chi connectivity index (χ0v) is 20.6. The minimum Gasteiger partial charge on any atom is -0.489 e. The van der Waals surface area contributed by atoms with E-state index in [1.54, 1.807) is 35.6 Å². The molecule has 0 radical (unpaired) electrons. The molecule has 1 fully saturated rings. The van der Waals surface area contributed by atoms with Crippen LogP contribution in [0.3, 0.4) is 0 Å². The number of hydrogen-bond donors (Lipinski definition) is 1. The fraction of sp³-hybridized carbons (Fsp3) is 0.200. The van der Waals surface area contributed by atoms with Gasteiger partial charge in [0.1, 0.15) is 12.4 Å². The highest BCUT2D eigenvalue weighted by molar-refractivity contribution is 7.13. The lowest BCUT2D eigenvalue weighted by Gasteiger charge is -2.24. The van der Waals surface area contributed by atoms with E-state index in [4.69, 9.17) is 9.84 Å². The van der Waals surface area contributed by atoms with Gasteiger partial charge in [-0.25, -0.2) is 0 Å². The molecule has 0 unspecified atom stereocenters. The van der Waals surface area contributed by atoms with Crippen LogP contribution in [0.25, 0.3) is 10.4 Å². The summed E-state index contributed by atoms with van der Waals surface area (Å²) in [6.45, 7) is 0.907. The standard InChI is InChI=1S/C30H27NO4S/c32-29(33)18-21-7-15-27(16-8-21)35-20-25-5-2-1-4-24(25)19-31(26-13-14-26)30(34)23-11-9-22(10-12-23)28-6-3-17-36-28/h1-12,15-17,26H,13-14,18-20H2,(H,32,33). The predicted molar refractivity (Wildman–Crippen MR) is 141 cm³/mol. The lowest BCUT2D eigenvalue weighted by atomic mass is 10.1. The van der Waals surface area contributed by atoms with E-state index in [1.165, 1.54) is 4.88 Å². The molecule has 1 aliphatic rings. The van der Waals surface area contributed by atoms with E-state index in [1.807, 2.05) is 53.4 Å². The lowest BCUT2D eigenvalue weighted by Crippen LogP contribution is -2.33. The first-order chi connectivity index (χ1) is 17.6. The summed E-state index contributed by atoms with van der Waals surface area (Å²) >= 11 is 1.69. The molecule has 0 spiro atoms. The Morgan fingerprint density at radius 2 is 1.61 bits per heavy atom. The van der Waals surface area contributed by atoms with Crippen LogP contribution in [-0.4, -0.2) is 27.9 Å². The Labute approximate surface area is 214 Å². The monoisotopic (exact) mass is 497 g/mol. The van der Waals surface area contributed by atoms with Gasteiger partial charge in [-0.15, -0.1) is 11.3 Å². The minimum atomic E-state index is -0.856. The van der Waals surface area contributed by atoms with Crippen molar-refractivity contribution < 1.29 is 19.4 Å². The largest absolute Gasteiger partial charge is 0.489 e. The Morgan fingerprint density at radius 3 is 2.25 bits per heavy atom. The van der Waals surface area contributed by atoms with Gasteiger partial charge in [-0.05, 0) is 70.8 Å². The number of nitrogens with zero attached hydrogens (tertiary/aromatic N) is 1. The van der Waals surface area contributed by atoms with Crippen molar-refractivity contribution in [3.63, 3.8) is 0 Å². The molecule has 5 nitrogen and oxygen atoms in total. The number of carboxylic acid groups (broad SMARTS) is 1. The number of benzene rings is 3. The van der Waals surface area contributed by atoms with Crippen molar-refractivity contribution in [3.8, 4) is 16.2 Å². The number of carbonyl (C=O) groups excluding carboxylic acids is 1. The third-order valence-corrected chi connectivity index (χ3v) is 7.24. The molecule has 1 amide bonds. The molecular formula is C30H27NO4S. The molecule has 6 heteroatoms. The van der Waals surface area contributed by atoms with Gasteiger partial charge in [-0.1, -0.05) is 54.6 Å². The second kappa shape index (κ2) is 10.8. The van der Waals surface area contributed by atoms with Crippen molar-refractivity contribution in [2.24, 2.45) is 0 Å². The number of ether oxygens (including phenoxy) is 1. The second-order valence-corrected chi connectivity index (χ2v) is 9.94. The molecule has 0 aliphatic heterocycles. The quantitative estimate of drug-likeness (QED) is 0.274. The van der Waals surface area contributed by atoms with Gasteiger partial charge in [0, 0.05) is 23.0 Å². The average Bonchev–Trinajstić information content (AvgIpc) is 3.59. The number of amides is 1. The first kappa shape index (κ1) is 23.8. The van der Waals surface area contributed by atoms with Crippen LogP contribution in [-0.2, 0) is 24.4 Å². The second-order valence-electron chi connectivity index (χ2n) is 8.99. The molecule has 4 aromatic rings. The summed E-state index contributed by atoms with van der Waals surface area (Å²) < 4.78 is 5.99. The first-order valence-electron chi connectivity index (χ1n) is 12.0. The van der Waals surface area contributed by atoms with Gasteiger partial charge < -0.3 is 14.7 Å². The molecule has 0 bridgehead atoms. The summed E-state index contributed by atoms with van der Waals surface area (Å²) in [7, 11) is 0. The van der Waals surface area contributed by atoms with Crippen LogP contribution in [0, 0.1) is 0 Å². The molecule has 3 aromatic carbocycles. The van der Waals surface area contributed by atoms with E-state index in [-0.39, 0.29) is 18.4 Å². The van der Waals surface area contributed by atoms with Crippen molar-refractivity contribution in [1.82, 2.24) is 4.90 Å². The third kappa shape index (κ3) is 5.83. The van der Waals surface area contributed by atoms with Crippen molar-refractivity contribution in [2.75, 3.05) is 0 Å². The molecule has 36 heavy (non-hydrogen) atoms. The summed E-state index contributed by atoms with van der Waals surface area (Å²) in [6.07, 6.45) is 2.05. The number of thiophene rings is 1. The van der Waals surface area contributed by atoms with Crippen molar-refractivity contribution in [1.29, 1.82) is 0 Å². The predicted octanol–water partition coefficient (Wildman–Crippen LogP) is 6.43. The first-order valence-corrected chi connectivity index (χ1v) is 12.9. The Kier molecular flexibility index (Phi) is 7.14. The molecule has 182 valence electrons. The third-order valence-electron chi connectivity index (χ3n) is 6.32. The van der Waals surface area contributed by atoms with Crippen LogP contribution in [0.5, 0.6) is 5.75 Å². The van der Waals surface area contributed by atoms with Gasteiger partial charge in [0.25, 0.3) is 5.91 Å². The number of carboxylic acids is 1. The van der Waals surface area contributed by atoms with Crippen LogP contribution in [0.1, 0.15) is 39.9 Å². The van der Waals surface area contributed by atoms with Crippen molar-refractivity contribution in [2.45, 2.75) is 38.5 Å². The molecular weight excluding hydrogens is 470 g/mol. The minimum absolute atomic E-state index is 0.00902. The zero-order valence-electron chi connectivity index (χ0n) is 19.8. The van der Waals surface area contributed by atoms with Gasteiger partial charge in [-0.2, -0.15) is 0 Å². The van der Waals surface area contributed by atoms with Gasteiger partial charge in [0.05, 0.1) is 6.42 Å². The molecule has 0 atom stereocenters. The Morgan fingerprint density at radius 1 is 0.889 bits per heavy atom. The fourth-order valence-corrected chi connectivity index (χ4v) is 4.95. The summed E-state index contributed by atoms with van der Waals surface area (Å²) in [4.78, 5) is 27.5. The number of rotatable bonds is 10. The van der Waals surface area contributed by atoms with Crippen LogP contribution >= 0.6 is 11.3 Å². The maximum atomic E-state index is 13.5. The van der Waals surface area contributed by atoms with Crippen molar-refractivity contribution in [3.05, 3.63) is 113 Å². The summed E-state index contributed by atoms with van der Waals surface area (Å²) in [5.74, 6) is -0.120. The highest BCUT2D eigenvalue weighted by Crippen LogP contribution is 2.31. The van der Waals surface area contributed by atoms with E-state index in [0.717, 1.165) is 35.1 Å². The molecule has 1 aliphatic carbocycles. The molecule has 1 heterocycles. The highest BCUT2D eigenvalue weighted by Gasteiger charge is 2.33. The van der Waals surface area contributed by atoms with Crippen LogP contribution in [0.2, 0.25) is 0 Å². The topological polar surface area (TPSA) is 66.8 Å². The van der Waals surface area contributed by atoms with E-state index in [0.29, 0.717) is 24.5 Å². The van der Waals surface area contributed by atoms with Gasteiger partial charge in [-0.3, -0.25) is 9.59 Å². The summed E-state index contributed by atoms with van der Waals surface area (Å²) in [5, 5.41) is 11.0. The highest BCUT2D eigenvalue weighted by atomic mass is 32.1. The zero-order chi connectivity index (χ0) is 24.9. The SMILES string of the molecule is O=C(O)Cc1ccc(OCc2ccccc2CN(C(=O)c2ccc(-c3cccs3)cc2)C2CC2)cc1. The van der Waals surface area contributed by atoms with E-state index in [2.05, 4.69) is 17.5 Å².